The lowest BCUT2D eigenvalue weighted by atomic mass is 9.73. The van der Waals surface area contributed by atoms with E-state index >= 15 is 0 Å². The summed E-state index contributed by atoms with van der Waals surface area (Å²) in [5.41, 5.74) is -1.26. The maximum Gasteiger partial charge on any atom is 0.232 e. The van der Waals surface area contributed by atoms with Crippen molar-refractivity contribution in [2.24, 2.45) is 0 Å². The van der Waals surface area contributed by atoms with Crippen molar-refractivity contribution in [2.75, 3.05) is 20.7 Å². The lowest BCUT2D eigenvalue weighted by molar-refractivity contribution is -0.126. The molecule has 1 saturated heterocycles. The highest BCUT2D eigenvalue weighted by atomic mass is 16.7. The Morgan fingerprint density at radius 2 is 2.00 bits per heavy atom. The molecule has 0 aromatic heterocycles. The van der Waals surface area contributed by atoms with E-state index in [9.17, 15) is 24.9 Å². The smallest absolute Gasteiger partial charge is 0.232 e. The monoisotopic (exact) mass is 378 g/mol. The molecule has 1 fully saturated rings. The third-order valence-corrected chi connectivity index (χ3v) is 5.35. The number of aliphatic hydroxyl groups excluding tert-OH is 1. The Hall–Kier alpha value is -2.46. The van der Waals surface area contributed by atoms with Gasteiger partial charge in [0.1, 0.15) is 42.9 Å². The molecule has 1 aromatic rings. The third kappa shape index (κ3) is 2.32. The number of aromatic hydroxyl groups is 2. The van der Waals surface area contributed by atoms with Gasteiger partial charge in [-0.25, -0.2) is 0 Å². The predicted octanol–water partition coefficient (Wildman–Crippen LogP) is 0.702. The van der Waals surface area contributed by atoms with Gasteiger partial charge in [0, 0.05) is 23.6 Å². The molecule has 27 heavy (non-hydrogen) atoms. The fourth-order valence-electron chi connectivity index (χ4n) is 4.08. The Morgan fingerprint density at radius 1 is 1.26 bits per heavy atom. The van der Waals surface area contributed by atoms with Crippen LogP contribution < -0.4 is 0 Å². The first-order valence-corrected chi connectivity index (χ1v) is 8.27. The zero-order chi connectivity index (χ0) is 19.5. The van der Waals surface area contributed by atoms with Crippen molar-refractivity contribution in [2.45, 2.75) is 31.2 Å². The van der Waals surface area contributed by atoms with Crippen LogP contribution in [0.2, 0.25) is 0 Å². The van der Waals surface area contributed by atoms with Crippen molar-refractivity contribution < 1.29 is 43.9 Å². The molecule has 0 bridgehead atoms. The fraction of sp³-hybridized carbons (Fsp3) is 0.444. The van der Waals surface area contributed by atoms with E-state index < -0.39 is 47.7 Å². The molecule has 1 aliphatic heterocycles. The van der Waals surface area contributed by atoms with E-state index in [1.807, 2.05) is 0 Å². The van der Waals surface area contributed by atoms with Gasteiger partial charge >= 0.3 is 0 Å². The summed E-state index contributed by atoms with van der Waals surface area (Å²) in [6.07, 6.45) is -0.614. The Labute approximate surface area is 153 Å². The van der Waals surface area contributed by atoms with Crippen molar-refractivity contribution in [3.05, 3.63) is 34.1 Å². The summed E-state index contributed by atoms with van der Waals surface area (Å²) in [6, 6.07) is 0. The molecule has 4 rings (SSSR count). The van der Waals surface area contributed by atoms with Crippen LogP contribution in [0.5, 0.6) is 11.5 Å². The summed E-state index contributed by atoms with van der Waals surface area (Å²) in [5.74, 6) is -2.56. The van der Waals surface area contributed by atoms with Crippen LogP contribution in [0.25, 0.3) is 0 Å². The van der Waals surface area contributed by atoms with Crippen LogP contribution >= 0.6 is 0 Å². The van der Waals surface area contributed by atoms with E-state index in [0.717, 1.165) is 6.08 Å². The summed E-state index contributed by atoms with van der Waals surface area (Å²) in [7, 11) is 1.23. The zero-order valence-corrected chi connectivity index (χ0v) is 14.6. The predicted molar refractivity (Wildman–Crippen MR) is 87.4 cm³/mol. The van der Waals surface area contributed by atoms with E-state index in [1.54, 1.807) is 6.92 Å². The molecule has 0 spiro atoms. The van der Waals surface area contributed by atoms with Gasteiger partial charge in [0.15, 0.2) is 11.5 Å². The minimum atomic E-state index is -1.00. The molecule has 9 heteroatoms. The highest BCUT2D eigenvalue weighted by molar-refractivity contribution is 6.26. The second-order valence-corrected chi connectivity index (χ2v) is 6.80. The van der Waals surface area contributed by atoms with Gasteiger partial charge in [-0.2, -0.15) is 0 Å². The molecule has 9 nitrogen and oxygen atoms in total. The molecule has 0 radical (unpaired) electrons. The van der Waals surface area contributed by atoms with Crippen LogP contribution in [0.3, 0.4) is 0 Å². The number of fused-ring (bicyclic) bond motifs is 3. The average Bonchev–Trinajstić information content (AvgIpc) is 3.02. The number of ketones is 2. The molecule has 0 saturated carbocycles. The summed E-state index contributed by atoms with van der Waals surface area (Å²) in [4.78, 5) is 25.1. The van der Waals surface area contributed by atoms with Crippen molar-refractivity contribution >= 4 is 11.6 Å². The van der Waals surface area contributed by atoms with Gasteiger partial charge in [0.25, 0.3) is 0 Å². The molecule has 1 heterocycles. The number of hydrogen-bond acceptors (Lipinski definition) is 9. The Morgan fingerprint density at radius 3 is 2.67 bits per heavy atom. The molecular formula is C18H18O9. The van der Waals surface area contributed by atoms with E-state index in [4.69, 9.17) is 18.9 Å². The van der Waals surface area contributed by atoms with E-state index in [0.29, 0.717) is 0 Å². The number of allylic oxidation sites excluding steroid dienone is 2. The highest BCUT2D eigenvalue weighted by Gasteiger charge is 2.54. The highest BCUT2D eigenvalue weighted by Crippen LogP contribution is 2.53. The normalized spacial score (nSPS) is 29.1. The number of carbonyl (C=O) groups excluding carboxylic acids is 2. The Kier molecular flexibility index (Phi) is 4.00. The Bertz CT molecular complexity index is 888. The first-order valence-electron chi connectivity index (χ1n) is 8.27. The zero-order valence-electron chi connectivity index (χ0n) is 14.6. The van der Waals surface area contributed by atoms with Gasteiger partial charge in [-0.05, 0) is 6.92 Å². The number of phenols is 2. The number of aliphatic hydroxyl groups is 1. The number of rotatable bonds is 3. The van der Waals surface area contributed by atoms with Crippen LogP contribution in [-0.2, 0) is 25.4 Å². The molecule has 3 N–H and O–H groups in total. The van der Waals surface area contributed by atoms with Gasteiger partial charge in [0.2, 0.25) is 5.78 Å². The SMILES string of the molecule is COC1=CC(=O)c2c(O)c3c(c(O)c2C1=O)CC1(C)OCOC1C3OCO. The van der Waals surface area contributed by atoms with E-state index in [1.165, 1.54) is 7.11 Å². The van der Waals surface area contributed by atoms with Gasteiger partial charge < -0.3 is 34.3 Å². The first-order chi connectivity index (χ1) is 12.8. The van der Waals surface area contributed by atoms with Crippen LogP contribution in [0.15, 0.2) is 11.8 Å². The van der Waals surface area contributed by atoms with Crippen LogP contribution in [0, 0.1) is 0 Å². The lowest BCUT2D eigenvalue weighted by Crippen LogP contribution is -2.47. The van der Waals surface area contributed by atoms with Crippen molar-refractivity contribution in [3.8, 4) is 11.5 Å². The largest absolute Gasteiger partial charge is 0.507 e. The number of carbonyl (C=O) groups is 2. The van der Waals surface area contributed by atoms with Crippen molar-refractivity contribution in [1.29, 1.82) is 0 Å². The quantitative estimate of drug-likeness (QED) is 0.514. The molecule has 0 amide bonds. The average molecular weight is 378 g/mol. The number of benzene rings is 1. The number of ether oxygens (including phenoxy) is 4. The van der Waals surface area contributed by atoms with Crippen LogP contribution in [-0.4, -0.2) is 59.3 Å². The van der Waals surface area contributed by atoms with Gasteiger partial charge in [-0.1, -0.05) is 0 Å². The number of Topliss-reactive ketones (excluding diaryl/α,β-unsaturated/α-hetero) is 1. The maximum atomic E-state index is 12.6. The maximum absolute atomic E-state index is 12.6. The third-order valence-electron chi connectivity index (χ3n) is 5.35. The van der Waals surface area contributed by atoms with E-state index in [-0.39, 0.29) is 41.2 Å². The number of methoxy groups -OCH3 is 1. The molecule has 1 aromatic carbocycles. The second-order valence-electron chi connectivity index (χ2n) is 6.80. The Balaban J connectivity index is 2.00. The fourth-order valence-corrected chi connectivity index (χ4v) is 4.08. The molecule has 3 unspecified atom stereocenters. The number of hydrogen-bond donors (Lipinski definition) is 3. The summed E-state index contributed by atoms with van der Waals surface area (Å²) >= 11 is 0. The molecule has 3 aliphatic rings. The van der Waals surface area contributed by atoms with Gasteiger partial charge in [-0.15, -0.1) is 0 Å². The number of phenolic OH excluding ortho intramolecular Hbond substituents is 2. The van der Waals surface area contributed by atoms with Crippen LogP contribution in [0.1, 0.15) is 44.9 Å². The minimum absolute atomic E-state index is 0.0328. The van der Waals surface area contributed by atoms with E-state index in [2.05, 4.69) is 0 Å². The van der Waals surface area contributed by atoms with Crippen molar-refractivity contribution in [3.63, 3.8) is 0 Å². The van der Waals surface area contributed by atoms with Gasteiger partial charge in [-0.3, -0.25) is 9.59 Å². The molecular weight excluding hydrogens is 360 g/mol. The summed E-state index contributed by atoms with van der Waals surface area (Å²) in [5, 5.41) is 31.0. The minimum Gasteiger partial charge on any atom is -0.507 e. The molecule has 144 valence electrons. The molecule has 3 atom stereocenters. The van der Waals surface area contributed by atoms with Crippen LogP contribution in [0.4, 0.5) is 0 Å². The first kappa shape index (κ1) is 17.9. The molecule has 2 aliphatic carbocycles. The topological polar surface area (TPSA) is 132 Å². The summed E-state index contributed by atoms with van der Waals surface area (Å²) in [6.45, 7) is 1.03. The second kappa shape index (κ2) is 6.03. The lowest BCUT2D eigenvalue weighted by Gasteiger charge is -2.40. The van der Waals surface area contributed by atoms with Gasteiger partial charge in [0.05, 0.1) is 18.2 Å². The summed E-state index contributed by atoms with van der Waals surface area (Å²) < 4.78 is 21.5. The standard InChI is InChI=1S/C18H18O9/c1-18-4-7-10(16(25-5-19)17(18)26-6-27-18)15(23)11-8(20)3-9(24-2)14(22)12(11)13(7)21/h3,16-17,19,21,23H,4-6H2,1-2H3. The van der Waals surface area contributed by atoms with Crippen molar-refractivity contribution in [1.82, 2.24) is 0 Å².